The fraction of sp³-hybridized carbons (Fsp3) is 0.154. The minimum atomic E-state index is -5.05. The normalized spacial score (nSPS) is 21.4. The van der Waals surface area contributed by atoms with Crippen molar-refractivity contribution in [3.8, 4) is 0 Å². The first-order valence-corrected chi connectivity index (χ1v) is 7.20. The van der Waals surface area contributed by atoms with Crippen molar-refractivity contribution < 1.29 is 23.1 Å². The molecule has 9 heteroatoms. The van der Waals surface area contributed by atoms with Gasteiger partial charge < -0.3 is 5.11 Å². The predicted molar refractivity (Wildman–Crippen MR) is 76.3 cm³/mol. The third kappa shape index (κ3) is 2.06. The summed E-state index contributed by atoms with van der Waals surface area (Å²) >= 11 is 7.05. The average molecular weight is 349 g/mol. The monoisotopic (exact) mass is 348 g/mol. The summed E-state index contributed by atoms with van der Waals surface area (Å²) in [5.41, 5.74) is -1.31. The smallest absolute Gasteiger partial charge is 0.359 e. The molecule has 0 aliphatic carbocycles. The molecule has 1 aromatic carbocycles. The van der Waals surface area contributed by atoms with E-state index in [0.717, 1.165) is 17.5 Å². The van der Waals surface area contributed by atoms with E-state index in [4.69, 9.17) is 11.6 Å². The summed E-state index contributed by atoms with van der Waals surface area (Å²) in [6.45, 7) is 0. The number of alkyl halides is 3. The lowest BCUT2D eigenvalue weighted by molar-refractivity contribution is -0.283. The lowest BCUT2D eigenvalue weighted by Crippen LogP contribution is -2.60. The Labute approximate surface area is 131 Å². The second kappa shape index (κ2) is 4.87. The molecule has 0 unspecified atom stereocenters. The molecule has 3 rings (SSSR count). The topological polar surface area (TPSA) is 52.6 Å². The van der Waals surface area contributed by atoms with E-state index in [0.29, 0.717) is 16.2 Å². The maximum absolute atomic E-state index is 13.0. The van der Waals surface area contributed by atoms with Crippen molar-refractivity contribution in [2.75, 3.05) is 0 Å². The second-order valence-corrected chi connectivity index (χ2v) is 6.00. The van der Waals surface area contributed by atoms with Gasteiger partial charge in [-0.1, -0.05) is 29.8 Å². The maximum Gasteiger partial charge on any atom is 0.442 e. The standard InChI is InChI=1S/C13H8ClF3N2O2S/c14-9-7-3-1-2-4-8(7)22-10(9)11(20)19-12(21,5-6-18-19)13(15,16)17/h1-6,18,21H/t12-/m0/s1. The zero-order chi connectivity index (χ0) is 16.1. The molecule has 1 aliphatic rings. The first-order chi connectivity index (χ1) is 10.3. The highest BCUT2D eigenvalue weighted by atomic mass is 35.5. The van der Waals surface area contributed by atoms with E-state index < -0.39 is 17.8 Å². The lowest BCUT2D eigenvalue weighted by Gasteiger charge is -2.33. The van der Waals surface area contributed by atoms with E-state index in [1.807, 2.05) is 0 Å². The van der Waals surface area contributed by atoms with Crippen LogP contribution in [0.1, 0.15) is 9.67 Å². The van der Waals surface area contributed by atoms with Gasteiger partial charge in [0.15, 0.2) is 0 Å². The number of amides is 1. The van der Waals surface area contributed by atoms with Crippen molar-refractivity contribution in [3.05, 3.63) is 46.4 Å². The molecule has 0 saturated heterocycles. The van der Waals surface area contributed by atoms with Crippen LogP contribution in [-0.2, 0) is 0 Å². The summed E-state index contributed by atoms with van der Waals surface area (Å²) in [5.74, 6) is -1.06. The highest BCUT2D eigenvalue weighted by molar-refractivity contribution is 7.21. The van der Waals surface area contributed by atoms with Crippen LogP contribution in [0.3, 0.4) is 0 Å². The van der Waals surface area contributed by atoms with Crippen LogP contribution in [0, 0.1) is 0 Å². The van der Waals surface area contributed by atoms with Crippen LogP contribution >= 0.6 is 22.9 Å². The van der Waals surface area contributed by atoms with Gasteiger partial charge in [-0.15, -0.1) is 11.3 Å². The summed E-state index contributed by atoms with van der Waals surface area (Å²) in [7, 11) is 0. The predicted octanol–water partition coefficient (Wildman–Crippen LogP) is 3.28. The van der Waals surface area contributed by atoms with Crippen LogP contribution in [0.5, 0.6) is 0 Å². The van der Waals surface area contributed by atoms with E-state index in [1.165, 1.54) is 0 Å². The molecular weight excluding hydrogens is 341 g/mol. The molecular formula is C13H8ClF3N2O2S. The van der Waals surface area contributed by atoms with E-state index in [9.17, 15) is 23.1 Å². The Morgan fingerprint density at radius 2 is 2.05 bits per heavy atom. The number of nitrogens with zero attached hydrogens (tertiary/aromatic N) is 1. The van der Waals surface area contributed by atoms with Crippen LogP contribution in [0.4, 0.5) is 13.2 Å². The summed E-state index contributed by atoms with van der Waals surface area (Å²) < 4.78 is 39.7. The first-order valence-electron chi connectivity index (χ1n) is 6.00. The lowest BCUT2D eigenvalue weighted by atomic mass is 10.2. The van der Waals surface area contributed by atoms with Gasteiger partial charge in [0.2, 0.25) is 0 Å². The summed E-state index contributed by atoms with van der Waals surface area (Å²) in [4.78, 5) is 12.3. The van der Waals surface area contributed by atoms with Crippen LogP contribution in [-0.4, -0.2) is 27.9 Å². The summed E-state index contributed by atoms with van der Waals surface area (Å²) in [6, 6.07) is 6.80. The molecule has 1 atom stereocenters. The number of halogens is 4. The summed E-state index contributed by atoms with van der Waals surface area (Å²) in [5, 5.41) is 10.5. The molecule has 1 amide bonds. The molecule has 0 bridgehead atoms. The molecule has 1 aliphatic heterocycles. The van der Waals surface area contributed by atoms with Crippen LogP contribution in [0.25, 0.3) is 10.1 Å². The van der Waals surface area contributed by atoms with Gasteiger partial charge in [-0.3, -0.25) is 10.2 Å². The second-order valence-electron chi connectivity index (χ2n) is 4.57. The third-order valence-electron chi connectivity index (χ3n) is 3.21. The number of fused-ring (bicyclic) bond motifs is 1. The van der Waals surface area contributed by atoms with E-state index in [-0.39, 0.29) is 14.9 Å². The van der Waals surface area contributed by atoms with Crippen molar-refractivity contribution in [3.63, 3.8) is 0 Å². The van der Waals surface area contributed by atoms with Crippen molar-refractivity contribution in [1.29, 1.82) is 0 Å². The van der Waals surface area contributed by atoms with Crippen molar-refractivity contribution in [1.82, 2.24) is 10.4 Å². The molecule has 0 spiro atoms. The SMILES string of the molecule is O=C(c1sc2ccccc2c1Cl)N1NC=C[C@]1(O)C(F)(F)F. The Morgan fingerprint density at radius 1 is 1.36 bits per heavy atom. The Hall–Kier alpha value is -1.77. The zero-order valence-electron chi connectivity index (χ0n) is 10.7. The van der Waals surface area contributed by atoms with Gasteiger partial charge in [0.1, 0.15) is 4.88 Å². The molecule has 0 fully saturated rings. The Morgan fingerprint density at radius 3 is 2.68 bits per heavy atom. The number of hydrogen-bond acceptors (Lipinski definition) is 4. The molecule has 1 aromatic heterocycles. The highest BCUT2D eigenvalue weighted by Crippen LogP contribution is 2.40. The van der Waals surface area contributed by atoms with Crippen molar-refractivity contribution in [2.45, 2.75) is 11.9 Å². The van der Waals surface area contributed by atoms with Gasteiger partial charge in [-0.25, -0.2) is 5.01 Å². The van der Waals surface area contributed by atoms with Crippen LogP contribution in [0.15, 0.2) is 36.5 Å². The number of nitrogens with one attached hydrogen (secondary N) is 1. The average Bonchev–Trinajstić information content (AvgIpc) is 3.00. The number of hydrazine groups is 1. The number of benzene rings is 1. The number of rotatable bonds is 1. The molecule has 22 heavy (non-hydrogen) atoms. The van der Waals surface area contributed by atoms with Gasteiger partial charge in [-0.2, -0.15) is 13.2 Å². The van der Waals surface area contributed by atoms with Gasteiger partial charge >= 0.3 is 6.18 Å². The number of aliphatic hydroxyl groups is 1. The number of thiophene rings is 1. The molecule has 2 heterocycles. The number of hydrogen-bond donors (Lipinski definition) is 2. The first kappa shape index (κ1) is 15.1. The molecule has 2 aromatic rings. The molecule has 0 radical (unpaired) electrons. The minimum Gasteiger partial charge on any atom is -0.359 e. The summed E-state index contributed by atoms with van der Waals surface area (Å²) in [6.07, 6.45) is -3.73. The number of carbonyl (C=O) groups is 1. The maximum atomic E-state index is 13.0. The van der Waals surface area contributed by atoms with Crippen LogP contribution < -0.4 is 5.43 Å². The Balaban J connectivity index is 2.05. The molecule has 4 nitrogen and oxygen atoms in total. The largest absolute Gasteiger partial charge is 0.442 e. The quantitative estimate of drug-likeness (QED) is 0.831. The molecule has 116 valence electrons. The Kier molecular flexibility index (Phi) is 3.35. The van der Waals surface area contributed by atoms with Crippen molar-refractivity contribution >= 4 is 38.9 Å². The van der Waals surface area contributed by atoms with Gasteiger partial charge in [0.25, 0.3) is 11.6 Å². The minimum absolute atomic E-state index is 0.0591. The van der Waals surface area contributed by atoms with E-state index in [1.54, 1.807) is 24.3 Å². The van der Waals surface area contributed by atoms with Crippen molar-refractivity contribution in [2.24, 2.45) is 0 Å². The van der Waals surface area contributed by atoms with Crippen LogP contribution in [0.2, 0.25) is 5.02 Å². The number of carbonyl (C=O) groups excluding carboxylic acids is 1. The van der Waals surface area contributed by atoms with E-state index >= 15 is 0 Å². The fourth-order valence-corrected chi connectivity index (χ4v) is 3.53. The molecule has 2 N–H and O–H groups in total. The fourth-order valence-electron chi connectivity index (χ4n) is 2.09. The third-order valence-corrected chi connectivity index (χ3v) is 4.87. The van der Waals surface area contributed by atoms with Gasteiger partial charge in [-0.05, 0) is 12.1 Å². The Bertz CT molecular complexity index is 789. The van der Waals surface area contributed by atoms with Gasteiger partial charge in [0, 0.05) is 16.3 Å². The zero-order valence-corrected chi connectivity index (χ0v) is 12.3. The van der Waals surface area contributed by atoms with E-state index in [2.05, 4.69) is 5.43 Å². The van der Waals surface area contributed by atoms with Gasteiger partial charge in [0.05, 0.1) is 5.02 Å². The molecule has 0 saturated carbocycles. The highest BCUT2D eigenvalue weighted by Gasteiger charge is 2.60.